The van der Waals surface area contributed by atoms with Gasteiger partial charge in [-0.2, -0.15) is 0 Å². The Morgan fingerprint density at radius 3 is 2.46 bits per heavy atom. The summed E-state index contributed by atoms with van der Waals surface area (Å²) in [5, 5.41) is 1.86. The fourth-order valence-electron chi connectivity index (χ4n) is 2.54. The molecule has 0 aliphatic heterocycles. The second-order valence-electron chi connectivity index (χ2n) is 5.29. The third kappa shape index (κ3) is 3.13. The van der Waals surface area contributed by atoms with Crippen molar-refractivity contribution in [1.29, 1.82) is 0 Å². The van der Waals surface area contributed by atoms with Crippen LogP contribution in [0.1, 0.15) is 26.3 Å². The number of fused-ring (bicyclic) bond motifs is 1. The molecule has 3 aromatic carbocycles. The van der Waals surface area contributed by atoms with E-state index in [2.05, 4.69) is 4.74 Å². The monoisotopic (exact) mass is 320 g/mol. The summed E-state index contributed by atoms with van der Waals surface area (Å²) in [6, 6.07) is 18.4. The highest BCUT2D eigenvalue weighted by atomic mass is 16.5. The fourth-order valence-corrected chi connectivity index (χ4v) is 2.54. The highest BCUT2D eigenvalue weighted by Gasteiger charge is 2.09. The SMILES string of the molecule is COC(=O)c1ccc(COc2ccc3ccccc3c2C=O)cc1. The molecule has 0 heterocycles. The molecule has 3 rings (SSSR count). The zero-order valence-electron chi connectivity index (χ0n) is 13.2. The predicted octanol–water partition coefficient (Wildman–Crippen LogP) is 4.02. The lowest BCUT2D eigenvalue weighted by atomic mass is 10.0. The van der Waals surface area contributed by atoms with Gasteiger partial charge in [-0.05, 0) is 34.5 Å². The Morgan fingerprint density at radius 2 is 1.75 bits per heavy atom. The first-order valence-corrected chi connectivity index (χ1v) is 7.50. The Balaban J connectivity index is 1.80. The Bertz CT molecular complexity index is 882. The maximum absolute atomic E-state index is 11.5. The van der Waals surface area contributed by atoms with E-state index < -0.39 is 0 Å². The van der Waals surface area contributed by atoms with Crippen LogP contribution in [0.3, 0.4) is 0 Å². The van der Waals surface area contributed by atoms with Gasteiger partial charge < -0.3 is 9.47 Å². The minimum absolute atomic E-state index is 0.306. The lowest BCUT2D eigenvalue weighted by Gasteiger charge is -2.11. The van der Waals surface area contributed by atoms with E-state index in [-0.39, 0.29) is 5.97 Å². The van der Waals surface area contributed by atoms with Gasteiger partial charge in [-0.25, -0.2) is 4.79 Å². The van der Waals surface area contributed by atoms with Crippen LogP contribution in [0.2, 0.25) is 0 Å². The minimum atomic E-state index is -0.375. The fraction of sp³-hybridized carbons (Fsp3) is 0.100. The Hall–Kier alpha value is -3.14. The molecule has 0 N–H and O–H groups in total. The Kier molecular flexibility index (Phi) is 4.57. The zero-order valence-corrected chi connectivity index (χ0v) is 13.2. The summed E-state index contributed by atoms with van der Waals surface area (Å²) in [7, 11) is 1.35. The summed E-state index contributed by atoms with van der Waals surface area (Å²) in [4.78, 5) is 22.9. The van der Waals surface area contributed by atoms with Gasteiger partial charge in [0.25, 0.3) is 0 Å². The average molecular weight is 320 g/mol. The summed E-state index contributed by atoms with van der Waals surface area (Å²) in [5.41, 5.74) is 1.92. The summed E-state index contributed by atoms with van der Waals surface area (Å²) in [6.07, 6.45) is 0.817. The molecule has 0 amide bonds. The third-order valence-electron chi connectivity index (χ3n) is 3.82. The number of ether oxygens (including phenoxy) is 2. The van der Waals surface area contributed by atoms with Crippen molar-refractivity contribution in [2.45, 2.75) is 6.61 Å². The topological polar surface area (TPSA) is 52.6 Å². The number of aldehydes is 1. The molecule has 0 aliphatic carbocycles. The van der Waals surface area contributed by atoms with Gasteiger partial charge in [0.1, 0.15) is 12.4 Å². The number of esters is 1. The molecule has 0 aliphatic rings. The van der Waals surface area contributed by atoms with Crippen molar-refractivity contribution in [3.8, 4) is 5.75 Å². The van der Waals surface area contributed by atoms with E-state index in [4.69, 9.17) is 4.74 Å². The summed E-state index contributed by atoms with van der Waals surface area (Å²) < 4.78 is 10.5. The molecule has 0 fully saturated rings. The number of carbonyl (C=O) groups excluding carboxylic acids is 2. The van der Waals surface area contributed by atoms with E-state index in [1.807, 2.05) is 30.3 Å². The van der Waals surface area contributed by atoms with Gasteiger partial charge >= 0.3 is 5.97 Å². The second-order valence-corrected chi connectivity index (χ2v) is 5.29. The van der Waals surface area contributed by atoms with E-state index >= 15 is 0 Å². The maximum atomic E-state index is 11.5. The molecule has 3 aromatic rings. The third-order valence-corrected chi connectivity index (χ3v) is 3.82. The van der Waals surface area contributed by atoms with Crippen LogP contribution in [-0.4, -0.2) is 19.4 Å². The highest BCUT2D eigenvalue weighted by molar-refractivity contribution is 6.00. The molecule has 0 radical (unpaired) electrons. The van der Waals surface area contributed by atoms with Crippen LogP contribution >= 0.6 is 0 Å². The molecular formula is C20H16O4. The number of methoxy groups -OCH3 is 1. The van der Waals surface area contributed by atoms with Gasteiger partial charge in [-0.15, -0.1) is 0 Å². The number of benzene rings is 3. The van der Waals surface area contributed by atoms with Crippen LogP contribution in [0, 0.1) is 0 Å². The van der Waals surface area contributed by atoms with E-state index in [0.29, 0.717) is 23.5 Å². The molecule has 0 saturated heterocycles. The van der Waals surface area contributed by atoms with Crippen LogP contribution in [-0.2, 0) is 11.3 Å². The smallest absolute Gasteiger partial charge is 0.337 e. The molecule has 4 nitrogen and oxygen atoms in total. The van der Waals surface area contributed by atoms with E-state index in [9.17, 15) is 9.59 Å². The van der Waals surface area contributed by atoms with Crippen LogP contribution in [0.25, 0.3) is 10.8 Å². The van der Waals surface area contributed by atoms with Crippen molar-refractivity contribution in [2.24, 2.45) is 0 Å². The highest BCUT2D eigenvalue weighted by Crippen LogP contribution is 2.27. The van der Waals surface area contributed by atoms with Crippen LogP contribution in [0.5, 0.6) is 5.75 Å². The molecule has 4 heteroatoms. The lowest BCUT2D eigenvalue weighted by molar-refractivity contribution is 0.0600. The van der Waals surface area contributed by atoms with E-state index in [1.54, 1.807) is 30.3 Å². The minimum Gasteiger partial charge on any atom is -0.488 e. The number of hydrogen-bond acceptors (Lipinski definition) is 4. The van der Waals surface area contributed by atoms with E-state index in [1.165, 1.54) is 7.11 Å². The molecule has 120 valence electrons. The van der Waals surface area contributed by atoms with Crippen molar-refractivity contribution in [3.63, 3.8) is 0 Å². The maximum Gasteiger partial charge on any atom is 0.337 e. The Morgan fingerprint density at radius 1 is 1.00 bits per heavy atom. The van der Waals surface area contributed by atoms with Gasteiger partial charge in [0.2, 0.25) is 0 Å². The lowest BCUT2D eigenvalue weighted by Crippen LogP contribution is -2.02. The van der Waals surface area contributed by atoms with Crippen molar-refractivity contribution in [2.75, 3.05) is 7.11 Å². The van der Waals surface area contributed by atoms with Crippen molar-refractivity contribution in [3.05, 3.63) is 77.4 Å². The molecule has 0 aromatic heterocycles. The molecule has 0 atom stereocenters. The largest absolute Gasteiger partial charge is 0.488 e. The molecule has 0 unspecified atom stereocenters. The van der Waals surface area contributed by atoms with Gasteiger partial charge in [0.05, 0.1) is 18.2 Å². The number of hydrogen-bond donors (Lipinski definition) is 0. The molecular weight excluding hydrogens is 304 g/mol. The van der Waals surface area contributed by atoms with E-state index in [0.717, 1.165) is 22.6 Å². The van der Waals surface area contributed by atoms with Crippen LogP contribution in [0.4, 0.5) is 0 Å². The number of rotatable bonds is 5. The van der Waals surface area contributed by atoms with Crippen molar-refractivity contribution in [1.82, 2.24) is 0 Å². The van der Waals surface area contributed by atoms with Gasteiger partial charge in [0.15, 0.2) is 6.29 Å². The van der Waals surface area contributed by atoms with Crippen LogP contribution in [0.15, 0.2) is 60.7 Å². The Labute approximate surface area is 139 Å². The standard InChI is InChI=1S/C20H16O4/c1-23-20(22)16-8-6-14(7-9-16)13-24-19-11-10-15-4-2-3-5-17(15)18(19)12-21/h2-12H,13H2,1H3. The zero-order chi connectivity index (χ0) is 16.9. The average Bonchev–Trinajstić information content (AvgIpc) is 2.65. The quantitative estimate of drug-likeness (QED) is 0.526. The summed E-state index contributed by atoms with van der Waals surface area (Å²) in [6.45, 7) is 0.306. The van der Waals surface area contributed by atoms with Gasteiger partial charge in [-0.3, -0.25) is 4.79 Å². The van der Waals surface area contributed by atoms with Gasteiger partial charge in [0, 0.05) is 0 Å². The molecule has 24 heavy (non-hydrogen) atoms. The summed E-state index contributed by atoms with van der Waals surface area (Å²) in [5.74, 6) is 0.168. The van der Waals surface area contributed by atoms with Crippen LogP contribution < -0.4 is 4.74 Å². The van der Waals surface area contributed by atoms with Crippen molar-refractivity contribution >= 4 is 23.0 Å². The first-order chi connectivity index (χ1) is 11.7. The normalized spacial score (nSPS) is 10.4. The van der Waals surface area contributed by atoms with Gasteiger partial charge in [-0.1, -0.05) is 42.5 Å². The number of carbonyl (C=O) groups is 2. The first kappa shape index (κ1) is 15.7. The molecule has 0 spiro atoms. The first-order valence-electron chi connectivity index (χ1n) is 7.50. The molecule has 0 bridgehead atoms. The summed E-state index contributed by atoms with van der Waals surface area (Å²) >= 11 is 0. The second kappa shape index (κ2) is 6.96. The van der Waals surface area contributed by atoms with Crippen molar-refractivity contribution < 1.29 is 19.1 Å². The predicted molar refractivity (Wildman–Crippen MR) is 91.4 cm³/mol. The molecule has 0 saturated carbocycles.